The molecule has 0 fully saturated rings. The normalized spacial score (nSPS) is 10.0. The van der Waals surface area contributed by atoms with Gasteiger partial charge >= 0.3 is 0 Å². The molecule has 9 heavy (non-hydrogen) atoms. The molecule has 0 aliphatic heterocycles. The average molecular weight is 130 g/mol. The maximum atomic E-state index is 4.13. The summed E-state index contributed by atoms with van der Waals surface area (Å²) in [5, 5.41) is 10.3. The molecule has 0 spiro atoms. The third kappa shape index (κ3) is 7.88. The summed E-state index contributed by atoms with van der Waals surface area (Å²) in [6.45, 7) is 7.67. The SMILES string of the molecule is CCNC[N]CNCC. The highest BCUT2D eigenvalue weighted by Crippen LogP contribution is 1.56. The fraction of sp³-hybridized carbons (Fsp3) is 1.00. The van der Waals surface area contributed by atoms with Gasteiger partial charge in [-0.1, -0.05) is 13.8 Å². The summed E-state index contributed by atoms with van der Waals surface area (Å²) in [4.78, 5) is 0. The van der Waals surface area contributed by atoms with Crippen LogP contribution in [-0.4, -0.2) is 26.4 Å². The van der Waals surface area contributed by atoms with Crippen molar-refractivity contribution < 1.29 is 0 Å². The Labute approximate surface area is 57.2 Å². The molecular formula is C6H16N3. The van der Waals surface area contributed by atoms with E-state index in [2.05, 4.69) is 29.8 Å². The monoisotopic (exact) mass is 130 g/mol. The third-order valence-electron chi connectivity index (χ3n) is 0.947. The van der Waals surface area contributed by atoms with Crippen LogP contribution < -0.4 is 16.0 Å². The molecule has 3 heteroatoms. The molecule has 0 saturated heterocycles. The molecule has 3 nitrogen and oxygen atoms in total. The van der Waals surface area contributed by atoms with Crippen LogP contribution in [-0.2, 0) is 0 Å². The van der Waals surface area contributed by atoms with Crippen LogP contribution in [0.4, 0.5) is 0 Å². The van der Waals surface area contributed by atoms with Crippen LogP contribution in [0.15, 0.2) is 0 Å². The van der Waals surface area contributed by atoms with Gasteiger partial charge in [0, 0.05) is 0 Å². The Morgan fingerprint density at radius 3 is 1.78 bits per heavy atom. The molecule has 0 rings (SSSR count). The van der Waals surface area contributed by atoms with Crippen molar-refractivity contribution in [3.05, 3.63) is 0 Å². The topological polar surface area (TPSA) is 38.2 Å². The molecule has 0 bridgehead atoms. The summed E-state index contributed by atoms with van der Waals surface area (Å²) in [5.74, 6) is 0. The van der Waals surface area contributed by atoms with Crippen molar-refractivity contribution >= 4 is 0 Å². The van der Waals surface area contributed by atoms with E-state index >= 15 is 0 Å². The zero-order valence-corrected chi connectivity index (χ0v) is 6.28. The first-order chi connectivity index (χ1) is 4.41. The Morgan fingerprint density at radius 1 is 1.00 bits per heavy atom. The van der Waals surface area contributed by atoms with E-state index in [0.717, 1.165) is 26.4 Å². The number of nitrogens with one attached hydrogen (secondary N) is 2. The van der Waals surface area contributed by atoms with Crippen molar-refractivity contribution in [1.82, 2.24) is 16.0 Å². The van der Waals surface area contributed by atoms with Gasteiger partial charge in [0.05, 0.1) is 13.3 Å². The number of nitrogens with zero attached hydrogens (tertiary/aromatic N) is 1. The fourth-order valence-electron chi connectivity index (χ4n) is 0.438. The zero-order chi connectivity index (χ0) is 6.95. The molecule has 0 saturated carbocycles. The summed E-state index contributed by atoms with van der Waals surface area (Å²) in [6.07, 6.45) is 0. The first kappa shape index (κ1) is 8.88. The number of hydrogen-bond donors (Lipinski definition) is 2. The highest BCUT2D eigenvalue weighted by molar-refractivity contribution is 4.40. The fourth-order valence-corrected chi connectivity index (χ4v) is 0.438. The Hall–Kier alpha value is -0.120. The van der Waals surface area contributed by atoms with Crippen molar-refractivity contribution in [3.8, 4) is 0 Å². The minimum absolute atomic E-state index is 0.767. The maximum Gasteiger partial charge on any atom is 0.0638 e. The molecule has 1 radical (unpaired) electrons. The van der Waals surface area contributed by atoms with E-state index < -0.39 is 0 Å². The van der Waals surface area contributed by atoms with E-state index in [0.29, 0.717) is 0 Å². The predicted molar refractivity (Wildman–Crippen MR) is 39.2 cm³/mol. The predicted octanol–water partition coefficient (Wildman–Crippen LogP) is -0.275. The second-order valence-electron chi connectivity index (χ2n) is 1.75. The van der Waals surface area contributed by atoms with Crippen molar-refractivity contribution in [3.63, 3.8) is 0 Å². The standard InChI is InChI=1S/C6H16N3/c1-3-7-5-9-6-8-4-2/h7-8H,3-6H2,1-2H3. The van der Waals surface area contributed by atoms with Gasteiger partial charge in [-0.2, -0.15) is 0 Å². The van der Waals surface area contributed by atoms with Gasteiger partial charge in [0.15, 0.2) is 0 Å². The summed E-state index contributed by atoms with van der Waals surface area (Å²) in [6, 6.07) is 0. The highest BCUT2D eigenvalue weighted by atomic mass is 15.1. The van der Waals surface area contributed by atoms with Gasteiger partial charge in [-0.3, -0.25) is 0 Å². The number of rotatable bonds is 6. The first-order valence-electron chi connectivity index (χ1n) is 3.46. The Kier molecular flexibility index (Phi) is 7.77. The average Bonchev–Trinajstić information content (AvgIpc) is 1.89. The minimum atomic E-state index is 0.767. The van der Waals surface area contributed by atoms with Gasteiger partial charge in [-0.15, -0.1) is 0 Å². The van der Waals surface area contributed by atoms with Crippen LogP contribution in [0, 0.1) is 0 Å². The van der Waals surface area contributed by atoms with Crippen LogP contribution in [0.5, 0.6) is 0 Å². The lowest BCUT2D eigenvalue weighted by Crippen LogP contribution is -2.30. The van der Waals surface area contributed by atoms with E-state index in [4.69, 9.17) is 0 Å². The summed E-state index contributed by atoms with van der Waals surface area (Å²) in [5.41, 5.74) is 0. The molecule has 0 aromatic carbocycles. The number of hydrogen-bond acceptors (Lipinski definition) is 2. The van der Waals surface area contributed by atoms with E-state index in [1.54, 1.807) is 0 Å². The Balaban J connectivity index is 2.60. The second-order valence-corrected chi connectivity index (χ2v) is 1.75. The maximum absolute atomic E-state index is 4.13. The highest BCUT2D eigenvalue weighted by Gasteiger charge is 1.81. The molecule has 0 atom stereocenters. The largest absolute Gasteiger partial charge is 0.303 e. The molecule has 0 heterocycles. The van der Waals surface area contributed by atoms with Crippen LogP contribution in [0.3, 0.4) is 0 Å². The van der Waals surface area contributed by atoms with Crippen molar-refractivity contribution in [1.29, 1.82) is 0 Å². The van der Waals surface area contributed by atoms with Gasteiger partial charge in [-0.25, -0.2) is 5.32 Å². The molecule has 0 aromatic heterocycles. The molecule has 0 aliphatic carbocycles. The summed E-state index contributed by atoms with van der Waals surface area (Å²) in [7, 11) is 0. The van der Waals surface area contributed by atoms with Crippen LogP contribution in [0.25, 0.3) is 0 Å². The lowest BCUT2D eigenvalue weighted by Gasteiger charge is -2.01. The molecule has 0 unspecified atom stereocenters. The minimum Gasteiger partial charge on any atom is -0.303 e. The van der Waals surface area contributed by atoms with E-state index in [1.165, 1.54) is 0 Å². The zero-order valence-electron chi connectivity index (χ0n) is 6.28. The summed E-state index contributed by atoms with van der Waals surface area (Å²) >= 11 is 0. The van der Waals surface area contributed by atoms with E-state index in [9.17, 15) is 0 Å². The molecule has 0 amide bonds. The van der Waals surface area contributed by atoms with Gasteiger partial charge in [0.2, 0.25) is 0 Å². The van der Waals surface area contributed by atoms with Gasteiger partial charge < -0.3 is 10.6 Å². The third-order valence-corrected chi connectivity index (χ3v) is 0.947. The first-order valence-corrected chi connectivity index (χ1v) is 3.46. The van der Waals surface area contributed by atoms with E-state index in [1.807, 2.05) is 0 Å². The van der Waals surface area contributed by atoms with Crippen molar-refractivity contribution in [2.45, 2.75) is 13.8 Å². The molecule has 0 aliphatic rings. The summed E-state index contributed by atoms with van der Waals surface area (Å²) < 4.78 is 0. The van der Waals surface area contributed by atoms with Gasteiger partial charge in [0.25, 0.3) is 0 Å². The van der Waals surface area contributed by atoms with Crippen LogP contribution in [0.2, 0.25) is 0 Å². The molecular weight excluding hydrogens is 114 g/mol. The van der Waals surface area contributed by atoms with E-state index in [-0.39, 0.29) is 0 Å². The van der Waals surface area contributed by atoms with Crippen molar-refractivity contribution in [2.75, 3.05) is 26.4 Å². The Bertz CT molecular complexity index is 41.6. The van der Waals surface area contributed by atoms with Gasteiger partial charge in [-0.05, 0) is 13.1 Å². The van der Waals surface area contributed by atoms with Crippen molar-refractivity contribution in [2.24, 2.45) is 0 Å². The molecule has 0 aromatic rings. The smallest absolute Gasteiger partial charge is 0.0638 e. The lowest BCUT2D eigenvalue weighted by atomic mass is 10.7. The second kappa shape index (κ2) is 7.88. The van der Waals surface area contributed by atoms with Crippen LogP contribution >= 0.6 is 0 Å². The van der Waals surface area contributed by atoms with Crippen LogP contribution in [0.1, 0.15) is 13.8 Å². The molecule has 2 N–H and O–H groups in total. The quantitative estimate of drug-likeness (QED) is 0.485. The lowest BCUT2D eigenvalue weighted by molar-refractivity contribution is 0.542. The molecule has 55 valence electrons. The van der Waals surface area contributed by atoms with Gasteiger partial charge in [0.1, 0.15) is 0 Å². The Morgan fingerprint density at radius 2 is 1.44 bits per heavy atom.